The number of methoxy groups -OCH3 is 2. The Balaban J connectivity index is 1.32. The van der Waals surface area contributed by atoms with Crippen LogP contribution in [0.2, 0.25) is 0 Å². The second kappa shape index (κ2) is 12.0. The van der Waals surface area contributed by atoms with Gasteiger partial charge in [0.15, 0.2) is 0 Å². The Morgan fingerprint density at radius 3 is 2.60 bits per heavy atom. The predicted molar refractivity (Wildman–Crippen MR) is 136 cm³/mol. The van der Waals surface area contributed by atoms with Gasteiger partial charge in [-0.15, -0.1) is 0 Å². The number of aliphatic hydroxyl groups excluding tert-OH is 1. The standard InChI is InChI=1S/C29H33FN2O3/c1-34-24-8-5-21(6-9-24)4-3-16-32-17-14-22(23(19-32)20-33)7-11-28(30)26-13-15-31-29-12-10-25(35-2)18-27(26)29/h5-6,8-10,12-13,15,18,22-23,28,33H,7,11,14,16-17,19-20H2,1-2H3/t22-,23-,28?/m1/s1. The molecule has 1 aliphatic heterocycles. The Bertz CT molecular complexity index is 1170. The summed E-state index contributed by atoms with van der Waals surface area (Å²) in [6.07, 6.45) is 2.69. The van der Waals surface area contributed by atoms with Crippen LogP contribution < -0.4 is 9.47 Å². The molecule has 0 amide bonds. The van der Waals surface area contributed by atoms with E-state index in [4.69, 9.17) is 9.47 Å². The lowest BCUT2D eigenvalue weighted by Gasteiger charge is -2.37. The van der Waals surface area contributed by atoms with Gasteiger partial charge in [-0.3, -0.25) is 9.88 Å². The highest BCUT2D eigenvalue weighted by Gasteiger charge is 2.29. The highest BCUT2D eigenvalue weighted by Crippen LogP contribution is 2.35. The molecular formula is C29H33FN2O3. The van der Waals surface area contributed by atoms with Gasteiger partial charge in [-0.1, -0.05) is 11.8 Å². The summed E-state index contributed by atoms with van der Waals surface area (Å²) in [4.78, 5) is 6.64. The predicted octanol–water partition coefficient (Wildman–Crippen LogP) is 5.02. The number of aromatic nitrogens is 1. The molecule has 3 aromatic rings. The van der Waals surface area contributed by atoms with Gasteiger partial charge in [0.2, 0.25) is 0 Å². The zero-order valence-electron chi connectivity index (χ0n) is 20.4. The van der Waals surface area contributed by atoms with E-state index >= 15 is 4.39 Å². The van der Waals surface area contributed by atoms with Crippen molar-refractivity contribution in [1.29, 1.82) is 0 Å². The summed E-state index contributed by atoms with van der Waals surface area (Å²) >= 11 is 0. The normalized spacial score (nSPS) is 19.1. The summed E-state index contributed by atoms with van der Waals surface area (Å²) < 4.78 is 25.9. The van der Waals surface area contributed by atoms with Crippen LogP contribution in [0.3, 0.4) is 0 Å². The molecule has 1 fully saturated rings. The molecule has 2 aromatic carbocycles. The van der Waals surface area contributed by atoms with Crippen LogP contribution in [-0.2, 0) is 0 Å². The van der Waals surface area contributed by atoms with E-state index in [1.807, 2.05) is 42.5 Å². The Hall–Kier alpha value is -3.14. The largest absolute Gasteiger partial charge is 0.497 e. The molecule has 0 saturated carbocycles. The quantitative estimate of drug-likeness (QED) is 0.463. The molecule has 1 N–H and O–H groups in total. The lowest BCUT2D eigenvalue weighted by molar-refractivity contribution is 0.0708. The van der Waals surface area contributed by atoms with Gasteiger partial charge in [-0.25, -0.2) is 4.39 Å². The molecule has 5 nitrogen and oxygen atoms in total. The van der Waals surface area contributed by atoms with Gasteiger partial charge in [-0.2, -0.15) is 0 Å². The maximum absolute atomic E-state index is 15.4. The van der Waals surface area contributed by atoms with Crippen molar-refractivity contribution in [3.05, 3.63) is 65.9 Å². The van der Waals surface area contributed by atoms with Gasteiger partial charge in [0.1, 0.15) is 17.7 Å². The minimum Gasteiger partial charge on any atom is -0.497 e. The summed E-state index contributed by atoms with van der Waals surface area (Å²) in [6, 6.07) is 15.0. The van der Waals surface area contributed by atoms with Crippen LogP contribution in [0.5, 0.6) is 11.5 Å². The SMILES string of the molecule is COc1ccc(C#CCN2CC[C@@H](CCC(F)c3ccnc4ccc(OC)cc34)[C@@H](CO)C2)cc1. The zero-order valence-corrected chi connectivity index (χ0v) is 20.4. The molecule has 6 heteroatoms. The molecule has 0 aliphatic carbocycles. The number of aliphatic hydroxyl groups is 1. The van der Waals surface area contributed by atoms with E-state index in [0.29, 0.717) is 30.2 Å². The number of halogens is 1. The van der Waals surface area contributed by atoms with E-state index in [1.165, 1.54) is 0 Å². The Kier molecular flexibility index (Phi) is 8.57. The lowest BCUT2D eigenvalue weighted by Crippen LogP contribution is -2.42. The van der Waals surface area contributed by atoms with Crippen LogP contribution in [0.1, 0.15) is 36.6 Å². The first-order valence-corrected chi connectivity index (χ1v) is 12.1. The number of ether oxygens (including phenoxy) is 2. The second-order valence-electron chi connectivity index (χ2n) is 9.08. The van der Waals surface area contributed by atoms with E-state index in [9.17, 15) is 5.11 Å². The number of nitrogens with zero attached hydrogens (tertiary/aromatic N) is 2. The van der Waals surface area contributed by atoms with Gasteiger partial charge in [-0.05, 0) is 91.7 Å². The van der Waals surface area contributed by atoms with E-state index in [1.54, 1.807) is 26.5 Å². The lowest BCUT2D eigenvalue weighted by atomic mass is 9.81. The Labute approximate surface area is 206 Å². The van der Waals surface area contributed by atoms with Gasteiger partial charge >= 0.3 is 0 Å². The van der Waals surface area contributed by atoms with Crippen molar-refractivity contribution >= 4 is 10.9 Å². The molecular weight excluding hydrogens is 443 g/mol. The Morgan fingerprint density at radius 2 is 1.86 bits per heavy atom. The van der Waals surface area contributed by atoms with Crippen molar-refractivity contribution in [1.82, 2.24) is 9.88 Å². The van der Waals surface area contributed by atoms with Crippen LogP contribution >= 0.6 is 0 Å². The second-order valence-corrected chi connectivity index (χ2v) is 9.08. The monoisotopic (exact) mass is 476 g/mol. The number of benzene rings is 2. The highest BCUT2D eigenvalue weighted by atomic mass is 19.1. The minimum atomic E-state index is -1.08. The van der Waals surface area contributed by atoms with Crippen molar-refractivity contribution in [3.8, 4) is 23.3 Å². The molecule has 0 radical (unpaired) electrons. The van der Waals surface area contributed by atoms with Crippen molar-refractivity contribution in [2.75, 3.05) is 40.5 Å². The topological polar surface area (TPSA) is 54.8 Å². The molecule has 184 valence electrons. The van der Waals surface area contributed by atoms with Crippen molar-refractivity contribution < 1.29 is 19.0 Å². The van der Waals surface area contributed by atoms with E-state index < -0.39 is 6.17 Å². The first kappa shape index (κ1) is 25.0. The molecule has 1 aromatic heterocycles. The summed E-state index contributed by atoms with van der Waals surface area (Å²) in [5, 5.41) is 10.8. The van der Waals surface area contributed by atoms with Crippen LogP contribution in [0.4, 0.5) is 4.39 Å². The molecule has 0 bridgehead atoms. The molecule has 1 saturated heterocycles. The van der Waals surface area contributed by atoms with E-state index in [2.05, 4.69) is 21.7 Å². The van der Waals surface area contributed by atoms with Crippen LogP contribution in [-0.4, -0.2) is 55.5 Å². The maximum Gasteiger partial charge on any atom is 0.126 e. The average molecular weight is 477 g/mol. The fourth-order valence-corrected chi connectivity index (χ4v) is 4.88. The first-order chi connectivity index (χ1) is 17.1. The number of alkyl halides is 1. The highest BCUT2D eigenvalue weighted by molar-refractivity contribution is 5.83. The van der Waals surface area contributed by atoms with E-state index in [0.717, 1.165) is 48.1 Å². The van der Waals surface area contributed by atoms with Crippen LogP contribution in [0, 0.1) is 23.7 Å². The minimum absolute atomic E-state index is 0.111. The third-order valence-corrected chi connectivity index (χ3v) is 6.95. The number of hydrogen-bond donors (Lipinski definition) is 1. The van der Waals surface area contributed by atoms with Crippen molar-refractivity contribution in [2.24, 2.45) is 11.8 Å². The summed E-state index contributed by atoms with van der Waals surface area (Å²) in [5.41, 5.74) is 2.37. The number of likely N-dealkylation sites (tertiary alicyclic amines) is 1. The maximum atomic E-state index is 15.4. The fraction of sp³-hybridized carbons (Fsp3) is 0.414. The van der Waals surface area contributed by atoms with Gasteiger partial charge < -0.3 is 14.6 Å². The number of rotatable bonds is 8. The molecule has 1 unspecified atom stereocenters. The van der Waals surface area contributed by atoms with Crippen LogP contribution in [0.15, 0.2) is 54.7 Å². The van der Waals surface area contributed by atoms with Gasteiger partial charge in [0.25, 0.3) is 0 Å². The summed E-state index contributed by atoms with van der Waals surface area (Å²) in [6.45, 7) is 2.46. The average Bonchev–Trinajstić information content (AvgIpc) is 2.91. The molecule has 1 aliphatic rings. The summed E-state index contributed by atoms with van der Waals surface area (Å²) in [5.74, 6) is 8.38. The third-order valence-electron chi connectivity index (χ3n) is 6.95. The molecule has 2 heterocycles. The molecule has 35 heavy (non-hydrogen) atoms. The molecule has 3 atom stereocenters. The smallest absolute Gasteiger partial charge is 0.126 e. The third kappa shape index (κ3) is 6.30. The Morgan fingerprint density at radius 1 is 1.09 bits per heavy atom. The first-order valence-electron chi connectivity index (χ1n) is 12.1. The van der Waals surface area contributed by atoms with Crippen molar-refractivity contribution in [3.63, 3.8) is 0 Å². The van der Waals surface area contributed by atoms with Crippen LogP contribution in [0.25, 0.3) is 10.9 Å². The summed E-state index contributed by atoms with van der Waals surface area (Å²) in [7, 11) is 3.25. The number of pyridine rings is 1. The molecule has 4 rings (SSSR count). The van der Waals surface area contributed by atoms with Gasteiger partial charge in [0.05, 0.1) is 26.3 Å². The zero-order chi connectivity index (χ0) is 24.6. The molecule has 0 spiro atoms. The van der Waals surface area contributed by atoms with Gasteiger partial charge in [0, 0.05) is 30.3 Å². The van der Waals surface area contributed by atoms with Crippen molar-refractivity contribution in [2.45, 2.75) is 25.4 Å². The number of hydrogen-bond acceptors (Lipinski definition) is 5. The fourth-order valence-electron chi connectivity index (χ4n) is 4.88. The number of piperidine rings is 1. The van der Waals surface area contributed by atoms with E-state index in [-0.39, 0.29) is 12.5 Å². The number of fused-ring (bicyclic) bond motifs is 1.